The van der Waals surface area contributed by atoms with Crippen molar-refractivity contribution in [2.24, 2.45) is 0 Å². The maximum Gasteiger partial charge on any atom is 0.250 e. The number of hydrogen-bond donors (Lipinski definition) is 3. The number of nitrogens with one attached hydrogen (secondary N) is 3. The van der Waals surface area contributed by atoms with Crippen molar-refractivity contribution in [1.82, 2.24) is 25.8 Å². The Hall–Kier alpha value is -4.77. The number of fused-ring (bicyclic) bond motifs is 1. The van der Waals surface area contributed by atoms with Crippen LogP contribution in [-0.4, -0.2) is 84.5 Å². The number of rotatable bonds is 12. The van der Waals surface area contributed by atoms with Gasteiger partial charge in [-0.25, -0.2) is 4.39 Å². The Kier molecular flexibility index (Phi) is 11.4. The summed E-state index contributed by atoms with van der Waals surface area (Å²) in [5.74, 6) is -0.540. The predicted molar refractivity (Wildman–Crippen MR) is 205 cm³/mol. The summed E-state index contributed by atoms with van der Waals surface area (Å²) >= 11 is 6.16. The first-order valence-electron chi connectivity index (χ1n) is 18.5. The number of halogens is 2. The third-order valence-electron chi connectivity index (χ3n) is 10.9. The molecule has 11 heteroatoms. The van der Waals surface area contributed by atoms with E-state index in [1.54, 1.807) is 24.3 Å². The van der Waals surface area contributed by atoms with Crippen LogP contribution in [0.4, 0.5) is 10.1 Å². The fourth-order valence-electron chi connectivity index (χ4n) is 7.92. The first kappa shape index (κ1) is 36.6. The molecule has 0 radical (unpaired) electrons. The summed E-state index contributed by atoms with van der Waals surface area (Å²) in [6.07, 6.45) is 2.51. The second-order valence-electron chi connectivity index (χ2n) is 14.3. The smallest absolute Gasteiger partial charge is 0.250 e. The molecule has 2 saturated heterocycles. The second-order valence-corrected chi connectivity index (χ2v) is 14.7. The van der Waals surface area contributed by atoms with Gasteiger partial charge in [0.2, 0.25) is 17.7 Å². The lowest BCUT2D eigenvalue weighted by Crippen LogP contribution is -2.60. The number of nitrogens with zero attached hydrogens (tertiary/aromatic N) is 3. The van der Waals surface area contributed by atoms with Crippen LogP contribution in [0, 0.1) is 5.82 Å². The number of hydrogen-bond acceptors (Lipinski definition) is 6. The molecule has 0 bridgehead atoms. The Labute approximate surface area is 315 Å². The molecule has 3 N–H and O–H groups in total. The zero-order valence-electron chi connectivity index (χ0n) is 29.8. The number of likely N-dealkylation sites (tertiary alicyclic amines) is 1. The third kappa shape index (κ3) is 8.40. The zero-order valence-corrected chi connectivity index (χ0v) is 30.5. The number of anilines is 1. The van der Waals surface area contributed by atoms with Gasteiger partial charge >= 0.3 is 0 Å². The Morgan fingerprint density at radius 2 is 1.62 bits per heavy atom. The third-order valence-corrected chi connectivity index (χ3v) is 11.1. The highest BCUT2D eigenvalue weighted by Gasteiger charge is 2.54. The second kappa shape index (κ2) is 16.5. The Bertz CT molecular complexity index is 1900. The molecule has 0 saturated carbocycles. The zero-order chi connectivity index (χ0) is 36.8. The number of para-hydroxylation sites is 1. The number of carbonyl (C=O) groups is 3. The monoisotopic (exact) mass is 736 g/mol. The molecule has 2 fully saturated rings. The molecule has 3 aliphatic rings. The molecule has 1 spiro atoms. The van der Waals surface area contributed by atoms with Gasteiger partial charge in [-0.2, -0.15) is 0 Å². The quantitative estimate of drug-likeness (QED) is 0.182. The van der Waals surface area contributed by atoms with Crippen LogP contribution in [0.3, 0.4) is 0 Å². The van der Waals surface area contributed by atoms with Crippen LogP contribution in [0.2, 0.25) is 5.02 Å². The van der Waals surface area contributed by atoms with Gasteiger partial charge in [0.05, 0.1) is 12.7 Å². The van der Waals surface area contributed by atoms with Crippen molar-refractivity contribution in [3.8, 4) is 0 Å². The van der Waals surface area contributed by atoms with E-state index in [0.717, 1.165) is 22.4 Å². The molecular weight excluding hydrogens is 691 g/mol. The van der Waals surface area contributed by atoms with E-state index in [9.17, 15) is 18.8 Å². The van der Waals surface area contributed by atoms with Gasteiger partial charge in [-0.3, -0.25) is 14.4 Å². The van der Waals surface area contributed by atoms with Crippen molar-refractivity contribution in [3.63, 3.8) is 0 Å². The van der Waals surface area contributed by atoms with E-state index < -0.39 is 17.6 Å². The molecule has 9 nitrogen and oxygen atoms in total. The summed E-state index contributed by atoms with van der Waals surface area (Å²) in [6.45, 7) is 3.63. The van der Waals surface area contributed by atoms with Crippen LogP contribution in [-0.2, 0) is 40.2 Å². The summed E-state index contributed by atoms with van der Waals surface area (Å²) in [7, 11) is 0. The van der Waals surface area contributed by atoms with E-state index in [0.29, 0.717) is 83.1 Å². The van der Waals surface area contributed by atoms with Gasteiger partial charge in [0.15, 0.2) is 0 Å². The molecule has 0 unspecified atom stereocenters. The minimum atomic E-state index is -0.784. The van der Waals surface area contributed by atoms with Gasteiger partial charge in [0, 0.05) is 49.9 Å². The summed E-state index contributed by atoms with van der Waals surface area (Å²) < 4.78 is 13.6. The summed E-state index contributed by atoms with van der Waals surface area (Å²) in [6, 6.07) is 30.8. The Morgan fingerprint density at radius 1 is 0.887 bits per heavy atom. The van der Waals surface area contributed by atoms with Crippen LogP contribution in [0.25, 0.3) is 0 Å². The van der Waals surface area contributed by atoms with Crippen molar-refractivity contribution < 1.29 is 18.8 Å². The average molecular weight is 737 g/mol. The lowest BCUT2D eigenvalue weighted by molar-refractivity contribution is -0.141. The maximum absolute atomic E-state index is 14.3. The lowest BCUT2D eigenvalue weighted by atomic mass is 9.85. The van der Waals surface area contributed by atoms with E-state index in [1.807, 2.05) is 76.5 Å². The molecule has 4 aromatic carbocycles. The summed E-state index contributed by atoms with van der Waals surface area (Å²) in [5.41, 5.74) is 4.31. The first-order chi connectivity index (χ1) is 25.8. The van der Waals surface area contributed by atoms with Crippen LogP contribution in [0.5, 0.6) is 0 Å². The van der Waals surface area contributed by atoms with Gasteiger partial charge in [-0.1, -0.05) is 78.3 Å². The molecule has 0 aliphatic carbocycles. The number of piperidine rings is 1. The van der Waals surface area contributed by atoms with Gasteiger partial charge in [-0.15, -0.1) is 0 Å². The van der Waals surface area contributed by atoms with Crippen molar-refractivity contribution in [2.45, 2.75) is 56.3 Å². The topological polar surface area (TPSA) is 97.0 Å². The average Bonchev–Trinajstić information content (AvgIpc) is 3.44. The molecule has 3 amide bonds. The van der Waals surface area contributed by atoms with Crippen molar-refractivity contribution in [1.29, 1.82) is 0 Å². The molecule has 2 atom stereocenters. The molecule has 7 rings (SSSR count). The standard InChI is InChI=1S/C42H46ClFN6O3/c43-34-15-13-31(14-16-34)26-38(47-39(51)37-27-32-8-4-5-9-33(32)28-46-37)40(52)48-22-18-42(19-23-48)41(53)49(29-50(42)36-11-2-1-3-12-36)24-21-45-20-17-30-7-6-10-35(44)25-30/h1-16,25,37-38,45-46H,17-24,26-29H2,(H,47,51)/t37-,38-/m1/s1. The van der Waals surface area contributed by atoms with E-state index >= 15 is 0 Å². The van der Waals surface area contributed by atoms with Crippen LogP contribution >= 0.6 is 11.6 Å². The highest BCUT2D eigenvalue weighted by Crippen LogP contribution is 2.39. The van der Waals surface area contributed by atoms with Crippen LogP contribution < -0.4 is 20.9 Å². The van der Waals surface area contributed by atoms with E-state index in [-0.39, 0.29) is 23.5 Å². The van der Waals surface area contributed by atoms with Gasteiger partial charge < -0.3 is 30.7 Å². The van der Waals surface area contributed by atoms with Gasteiger partial charge in [0.25, 0.3) is 0 Å². The predicted octanol–water partition coefficient (Wildman–Crippen LogP) is 4.72. The minimum Gasteiger partial charge on any atom is -0.343 e. The highest BCUT2D eigenvalue weighted by atomic mass is 35.5. The van der Waals surface area contributed by atoms with E-state index in [4.69, 9.17) is 11.6 Å². The highest BCUT2D eigenvalue weighted by molar-refractivity contribution is 6.30. The van der Waals surface area contributed by atoms with E-state index in [2.05, 4.69) is 26.9 Å². The lowest BCUT2D eigenvalue weighted by Gasteiger charge is -2.44. The SMILES string of the molecule is O=C(N[C@H](Cc1ccc(Cl)cc1)C(=O)N1CCC2(CC1)C(=O)N(CCNCCc1cccc(F)c1)CN2c1ccccc1)[C@H]1Cc2ccccc2CN1. The van der Waals surface area contributed by atoms with Crippen molar-refractivity contribution in [2.75, 3.05) is 44.3 Å². The first-order valence-corrected chi connectivity index (χ1v) is 18.9. The minimum absolute atomic E-state index is 0.0649. The normalized spacial score (nSPS) is 18.6. The van der Waals surface area contributed by atoms with Gasteiger partial charge in [0.1, 0.15) is 17.4 Å². The molecule has 53 heavy (non-hydrogen) atoms. The number of benzene rings is 4. The number of amides is 3. The van der Waals surface area contributed by atoms with Gasteiger partial charge in [-0.05, 0) is 90.9 Å². The molecular formula is C42H46ClFN6O3. The largest absolute Gasteiger partial charge is 0.343 e. The number of carbonyl (C=O) groups excluding carboxylic acids is 3. The molecule has 0 aromatic heterocycles. The van der Waals surface area contributed by atoms with Crippen molar-refractivity contribution in [3.05, 3.63) is 136 Å². The Balaban J connectivity index is 1.02. The molecule has 3 aliphatic heterocycles. The summed E-state index contributed by atoms with van der Waals surface area (Å²) in [4.78, 5) is 48.3. The Morgan fingerprint density at radius 3 is 2.38 bits per heavy atom. The maximum atomic E-state index is 14.3. The van der Waals surface area contributed by atoms with E-state index in [1.165, 1.54) is 11.6 Å². The fourth-order valence-corrected chi connectivity index (χ4v) is 8.05. The molecule has 276 valence electrons. The molecule has 3 heterocycles. The van der Waals surface area contributed by atoms with Crippen LogP contribution in [0.15, 0.2) is 103 Å². The molecule has 4 aromatic rings. The summed E-state index contributed by atoms with van der Waals surface area (Å²) in [5, 5.41) is 10.5. The van der Waals surface area contributed by atoms with Crippen LogP contribution in [0.1, 0.15) is 35.1 Å². The fraction of sp³-hybridized carbons (Fsp3) is 0.357. The van der Waals surface area contributed by atoms with Crippen molar-refractivity contribution >= 4 is 35.0 Å².